The van der Waals surface area contributed by atoms with Gasteiger partial charge >= 0.3 is 0 Å². The maximum Gasteiger partial charge on any atom is 0.276 e. The summed E-state index contributed by atoms with van der Waals surface area (Å²) in [5.41, 5.74) is 2.99. The van der Waals surface area contributed by atoms with Gasteiger partial charge in [0.2, 0.25) is 0 Å². The van der Waals surface area contributed by atoms with Crippen molar-refractivity contribution in [3.63, 3.8) is 0 Å². The van der Waals surface area contributed by atoms with Gasteiger partial charge in [0.05, 0.1) is 16.1 Å². The summed E-state index contributed by atoms with van der Waals surface area (Å²) in [7, 11) is -3.80. The second-order valence-corrected chi connectivity index (χ2v) is 8.94. The topological polar surface area (TPSA) is 89.2 Å². The molecular weight excluding hydrogens is 434 g/mol. The molecule has 1 unspecified atom stereocenters. The van der Waals surface area contributed by atoms with E-state index in [1.165, 1.54) is 12.1 Å². The summed E-state index contributed by atoms with van der Waals surface area (Å²) in [6.45, 7) is 1.91. The second-order valence-electron chi connectivity index (χ2n) is 6.84. The van der Waals surface area contributed by atoms with Gasteiger partial charge in [0.25, 0.3) is 10.0 Å². The summed E-state index contributed by atoms with van der Waals surface area (Å²) in [5.74, 6) is 0. The third-order valence-electron chi connectivity index (χ3n) is 4.85. The Balaban J connectivity index is 1.80. The molecular formula is C22H20ClN5O2S. The first-order valence-electron chi connectivity index (χ1n) is 9.68. The zero-order valence-electron chi connectivity index (χ0n) is 16.7. The van der Waals surface area contributed by atoms with Crippen LogP contribution in [0.3, 0.4) is 0 Å². The van der Waals surface area contributed by atoms with Gasteiger partial charge in [-0.05, 0) is 48.4 Å². The van der Waals surface area contributed by atoms with Gasteiger partial charge in [-0.3, -0.25) is 0 Å². The quantitative estimate of drug-likeness (QED) is 0.331. The molecule has 1 atom stereocenters. The van der Waals surface area contributed by atoms with E-state index in [0.29, 0.717) is 17.2 Å². The molecule has 0 fully saturated rings. The van der Waals surface area contributed by atoms with Crippen LogP contribution >= 0.6 is 11.6 Å². The highest BCUT2D eigenvalue weighted by atomic mass is 35.5. The van der Waals surface area contributed by atoms with E-state index in [-0.39, 0.29) is 4.90 Å². The van der Waals surface area contributed by atoms with Gasteiger partial charge in [-0.15, -0.1) is 5.10 Å². The number of hydrazone groups is 1. The zero-order chi connectivity index (χ0) is 21.8. The van der Waals surface area contributed by atoms with Crippen molar-refractivity contribution in [3.8, 4) is 0 Å². The van der Waals surface area contributed by atoms with Crippen molar-refractivity contribution in [1.82, 2.24) is 19.8 Å². The highest BCUT2D eigenvalue weighted by Gasteiger charge is 2.24. The van der Waals surface area contributed by atoms with Crippen LogP contribution in [-0.2, 0) is 10.0 Å². The van der Waals surface area contributed by atoms with Crippen molar-refractivity contribution in [2.45, 2.75) is 24.3 Å². The molecule has 0 radical (unpaired) electrons. The average Bonchev–Trinajstić information content (AvgIpc) is 3.22. The number of para-hydroxylation sites is 1. The molecule has 31 heavy (non-hydrogen) atoms. The summed E-state index contributed by atoms with van der Waals surface area (Å²) in [6, 6.07) is 22.6. The van der Waals surface area contributed by atoms with Crippen molar-refractivity contribution < 1.29 is 8.42 Å². The van der Waals surface area contributed by atoms with E-state index in [4.69, 9.17) is 11.6 Å². The van der Waals surface area contributed by atoms with Gasteiger partial charge in [0.1, 0.15) is 11.6 Å². The molecule has 0 bridgehead atoms. The molecule has 1 aromatic heterocycles. The van der Waals surface area contributed by atoms with Crippen molar-refractivity contribution in [1.29, 1.82) is 0 Å². The molecule has 0 aliphatic heterocycles. The van der Waals surface area contributed by atoms with Crippen LogP contribution in [0.15, 0.2) is 88.9 Å². The maximum atomic E-state index is 12.7. The number of nitrogens with one attached hydrogen (secondary N) is 1. The number of rotatable bonds is 7. The van der Waals surface area contributed by atoms with E-state index in [1.807, 2.05) is 43.3 Å². The number of hydrogen-bond donors (Lipinski definition) is 1. The first-order valence-corrected chi connectivity index (χ1v) is 11.5. The Bertz CT molecular complexity index is 1320. The van der Waals surface area contributed by atoms with Crippen LogP contribution in [0.4, 0.5) is 0 Å². The number of fused-ring (bicyclic) bond motifs is 1. The van der Waals surface area contributed by atoms with Crippen LogP contribution in [0, 0.1) is 0 Å². The monoisotopic (exact) mass is 453 g/mol. The minimum absolute atomic E-state index is 0.142. The minimum Gasteiger partial charge on any atom is -0.231 e. The maximum absolute atomic E-state index is 12.7. The Hall–Kier alpha value is -3.23. The molecule has 4 aromatic rings. The van der Waals surface area contributed by atoms with Gasteiger partial charge in [-0.1, -0.05) is 66.2 Å². The van der Waals surface area contributed by atoms with Crippen LogP contribution in [0.1, 0.15) is 24.9 Å². The Morgan fingerprint density at radius 1 is 1.03 bits per heavy atom. The molecule has 3 aromatic carbocycles. The van der Waals surface area contributed by atoms with Gasteiger partial charge < -0.3 is 0 Å². The summed E-state index contributed by atoms with van der Waals surface area (Å²) < 4.78 is 27.1. The van der Waals surface area contributed by atoms with Crippen LogP contribution in [-0.4, -0.2) is 29.1 Å². The van der Waals surface area contributed by atoms with E-state index in [2.05, 4.69) is 20.2 Å². The van der Waals surface area contributed by atoms with Crippen LogP contribution in [0.5, 0.6) is 0 Å². The van der Waals surface area contributed by atoms with E-state index < -0.39 is 16.1 Å². The molecule has 0 aliphatic carbocycles. The van der Waals surface area contributed by atoms with Crippen molar-refractivity contribution in [3.05, 3.63) is 89.4 Å². The third kappa shape index (κ3) is 4.45. The summed E-state index contributed by atoms with van der Waals surface area (Å²) >= 11 is 6.08. The highest BCUT2D eigenvalue weighted by Crippen LogP contribution is 2.26. The fraction of sp³-hybridized carbons (Fsp3) is 0.136. The SMILES string of the molecule is CCC(=NNS(=O)(=O)c1ccccc1)C(c1ccc(Cl)cc1)n1nnc2ccccc21. The standard InChI is InChI=1S/C22H20ClN5O2S/c1-2-19(25-27-31(29,30)18-8-4-3-5-9-18)22(16-12-14-17(23)15-13-16)28-21-11-7-6-10-20(21)24-26-28/h3-15,22,27H,2H2,1H3. The highest BCUT2D eigenvalue weighted by molar-refractivity contribution is 7.89. The summed E-state index contributed by atoms with van der Waals surface area (Å²) in [4.78, 5) is 2.51. The molecule has 0 spiro atoms. The fourth-order valence-corrected chi connectivity index (χ4v) is 4.29. The Labute approximate surface area is 185 Å². The predicted octanol–water partition coefficient (Wildman–Crippen LogP) is 4.42. The summed E-state index contributed by atoms with van der Waals surface area (Å²) in [5, 5.41) is 13.5. The number of nitrogens with zero attached hydrogens (tertiary/aromatic N) is 4. The zero-order valence-corrected chi connectivity index (χ0v) is 18.3. The molecule has 0 saturated carbocycles. The number of sulfonamides is 1. The fourth-order valence-electron chi connectivity index (χ4n) is 3.30. The van der Waals surface area contributed by atoms with Gasteiger partial charge in [0.15, 0.2) is 0 Å². The molecule has 1 heterocycles. The first kappa shape index (κ1) is 21.0. The molecule has 1 N–H and O–H groups in total. The lowest BCUT2D eigenvalue weighted by atomic mass is 10.0. The average molecular weight is 454 g/mol. The van der Waals surface area contributed by atoms with Crippen LogP contribution in [0.25, 0.3) is 11.0 Å². The van der Waals surface area contributed by atoms with E-state index >= 15 is 0 Å². The van der Waals surface area contributed by atoms with Gasteiger partial charge in [-0.25, -0.2) is 9.51 Å². The van der Waals surface area contributed by atoms with Gasteiger partial charge in [-0.2, -0.15) is 13.5 Å². The predicted molar refractivity (Wildman–Crippen MR) is 122 cm³/mol. The third-order valence-corrected chi connectivity index (χ3v) is 6.32. The number of aromatic nitrogens is 3. The molecule has 9 heteroatoms. The van der Waals surface area contributed by atoms with E-state index in [0.717, 1.165) is 16.6 Å². The largest absolute Gasteiger partial charge is 0.276 e. The molecule has 0 amide bonds. The number of benzene rings is 3. The number of halogens is 1. The normalized spacial score (nSPS) is 13.3. The lowest BCUT2D eigenvalue weighted by Crippen LogP contribution is -2.26. The molecule has 0 saturated heterocycles. The molecule has 158 valence electrons. The number of hydrogen-bond acceptors (Lipinski definition) is 5. The van der Waals surface area contributed by atoms with Crippen LogP contribution in [0.2, 0.25) is 5.02 Å². The Morgan fingerprint density at radius 2 is 1.71 bits per heavy atom. The van der Waals surface area contributed by atoms with Crippen LogP contribution < -0.4 is 4.83 Å². The molecule has 7 nitrogen and oxygen atoms in total. The lowest BCUT2D eigenvalue weighted by molar-refractivity contribution is 0.581. The smallest absolute Gasteiger partial charge is 0.231 e. The van der Waals surface area contributed by atoms with Crippen molar-refractivity contribution in [2.24, 2.45) is 5.10 Å². The summed E-state index contributed by atoms with van der Waals surface area (Å²) in [6.07, 6.45) is 0.485. The molecule has 0 aliphatic rings. The van der Waals surface area contributed by atoms with E-state index in [9.17, 15) is 8.42 Å². The van der Waals surface area contributed by atoms with Gasteiger partial charge in [0, 0.05) is 5.02 Å². The van der Waals surface area contributed by atoms with E-state index in [1.54, 1.807) is 35.0 Å². The van der Waals surface area contributed by atoms with Crippen molar-refractivity contribution in [2.75, 3.05) is 0 Å². The second kappa shape index (κ2) is 8.87. The Morgan fingerprint density at radius 3 is 2.42 bits per heavy atom. The minimum atomic E-state index is -3.80. The molecule has 4 rings (SSSR count). The first-order chi connectivity index (χ1) is 15.0. The Kier molecular flexibility index (Phi) is 6.01. The van der Waals surface area contributed by atoms with Crippen molar-refractivity contribution >= 4 is 38.4 Å². The lowest BCUT2D eigenvalue weighted by Gasteiger charge is -2.20.